The van der Waals surface area contributed by atoms with Crippen LogP contribution in [-0.2, 0) is 0 Å². The summed E-state index contributed by atoms with van der Waals surface area (Å²) < 4.78 is 0. The minimum absolute atomic E-state index is 0.800. The molecule has 12 heavy (non-hydrogen) atoms. The fourth-order valence-corrected chi connectivity index (χ4v) is 2.26. The van der Waals surface area contributed by atoms with Crippen LogP contribution in [0.15, 0.2) is 11.8 Å². The number of rotatable bonds is 2. The van der Waals surface area contributed by atoms with Crippen molar-refractivity contribution in [2.24, 2.45) is 11.8 Å². The Labute approximate surface area is 76.5 Å². The van der Waals surface area contributed by atoms with Crippen molar-refractivity contribution in [3.05, 3.63) is 11.8 Å². The number of allylic oxidation sites excluding steroid dienone is 2. The van der Waals surface area contributed by atoms with E-state index in [0.717, 1.165) is 11.8 Å². The van der Waals surface area contributed by atoms with Crippen LogP contribution in [0.2, 0.25) is 0 Å². The molecule has 0 aromatic rings. The Morgan fingerprint density at radius 3 is 2.58 bits per heavy atom. The lowest BCUT2D eigenvalue weighted by Crippen LogP contribution is -2.26. The maximum atomic E-state index is 2.41. The molecule has 0 bridgehead atoms. The molecule has 0 spiro atoms. The van der Waals surface area contributed by atoms with Crippen molar-refractivity contribution in [1.82, 2.24) is 4.90 Å². The van der Waals surface area contributed by atoms with Gasteiger partial charge >= 0.3 is 0 Å². The van der Waals surface area contributed by atoms with Crippen molar-refractivity contribution in [3.63, 3.8) is 0 Å². The normalized spacial score (nSPS) is 29.8. The van der Waals surface area contributed by atoms with Crippen LogP contribution >= 0.6 is 0 Å². The van der Waals surface area contributed by atoms with Gasteiger partial charge in [-0.25, -0.2) is 0 Å². The van der Waals surface area contributed by atoms with Crippen LogP contribution in [0, 0.1) is 11.8 Å². The van der Waals surface area contributed by atoms with Crippen LogP contribution in [0.5, 0.6) is 0 Å². The third-order valence-electron chi connectivity index (χ3n) is 3.00. The second kappa shape index (κ2) is 3.97. The standard InChI is InChI=1S/C11H21N/c1-5-10-9(2)7-6-8-11(10)12(3)4/h8-10H,5-7H2,1-4H3. The second-order valence-electron chi connectivity index (χ2n) is 4.09. The van der Waals surface area contributed by atoms with Crippen molar-refractivity contribution < 1.29 is 0 Å². The van der Waals surface area contributed by atoms with E-state index in [2.05, 4.69) is 38.9 Å². The van der Waals surface area contributed by atoms with E-state index in [1.54, 1.807) is 5.70 Å². The zero-order valence-electron chi connectivity index (χ0n) is 8.80. The van der Waals surface area contributed by atoms with Gasteiger partial charge in [-0.15, -0.1) is 0 Å². The van der Waals surface area contributed by atoms with Crippen LogP contribution in [-0.4, -0.2) is 19.0 Å². The molecule has 1 heteroatoms. The van der Waals surface area contributed by atoms with E-state index in [1.165, 1.54) is 19.3 Å². The summed E-state index contributed by atoms with van der Waals surface area (Å²) in [5.74, 6) is 1.67. The molecule has 2 unspecified atom stereocenters. The summed E-state index contributed by atoms with van der Waals surface area (Å²) in [5, 5.41) is 0. The summed E-state index contributed by atoms with van der Waals surface area (Å²) in [4.78, 5) is 2.28. The fourth-order valence-electron chi connectivity index (χ4n) is 2.26. The molecule has 0 aromatic heterocycles. The quantitative estimate of drug-likeness (QED) is 0.611. The first kappa shape index (κ1) is 9.63. The van der Waals surface area contributed by atoms with Gasteiger partial charge in [-0.2, -0.15) is 0 Å². The maximum Gasteiger partial charge on any atom is 0.0121 e. The van der Waals surface area contributed by atoms with Crippen molar-refractivity contribution in [2.75, 3.05) is 14.1 Å². The van der Waals surface area contributed by atoms with Crippen molar-refractivity contribution in [1.29, 1.82) is 0 Å². The molecule has 0 heterocycles. The van der Waals surface area contributed by atoms with Crippen LogP contribution in [0.25, 0.3) is 0 Å². The molecule has 0 radical (unpaired) electrons. The van der Waals surface area contributed by atoms with E-state index in [-0.39, 0.29) is 0 Å². The molecule has 0 fully saturated rings. The van der Waals surface area contributed by atoms with Gasteiger partial charge in [-0.05, 0) is 25.2 Å². The van der Waals surface area contributed by atoms with Crippen LogP contribution in [0.4, 0.5) is 0 Å². The zero-order chi connectivity index (χ0) is 9.14. The third kappa shape index (κ3) is 1.82. The van der Waals surface area contributed by atoms with Crippen molar-refractivity contribution in [3.8, 4) is 0 Å². The van der Waals surface area contributed by atoms with E-state index in [9.17, 15) is 0 Å². The Morgan fingerprint density at radius 2 is 2.17 bits per heavy atom. The molecule has 0 aromatic carbocycles. The summed E-state index contributed by atoms with van der Waals surface area (Å²) in [5.41, 5.74) is 1.55. The molecule has 0 aliphatic heterocycles. The van der Waals surface area contributed by atoms with E-state index in [1.807, 2.05) is 0 Å². The predicted octanol–water partition coefficient (Wildman–Crippen LogP) is 2.89. The van der Waals surface area contributed by atoms with Crippen molar-refractivity contribution in [2.45, 2.75) is 33.1 Å². The number of hydrogen-bond donors (Lipinski definition) is 0. The summed E-state index contributed by atoms with van der Waals surface area (Å²) in [6.45, 7) is 4.68. The van der Waals surface area contributed by atoms with Gasteiger partial charge in [0.05, 0.1) is 0 Å². The fraction of sp³-hybridized carbons (Fsp3) is 0.818. The lowest BCUT2D eigenvalue weighted by molar-refractivity contribution is 0.289. The molecule has 1 aliphatic carbocycles. The van der Waals surface area contributed by atoms with E-state index in [4.69, 9.17) is 0 Å². The van der Waals surface area contributed by atoms with Gasteiger partial charge in [0.1, 0.15) is 0 Å². The molecule has 0 saturated heterocycles. The summed E-state index contributed by atoms with van der Waals surface area (Å²) in [6, 6.07) is 0. The largest absolute Gasteiger partial charge is 0.381 e. The predicted molar refractivity (Wildman–Crippen MR) is 53.9 cm³/mol. The Hall–Kier alpha value is -0.460. The smallest absolute Gasteiger partial charge is 0.0121 e. The maximum absolute atomic E-state index is 2.41. The summed E-state index contributed by atoms with van der Waals surface area (Å²) >= 11 is 0. The van der Waals surface area contributed by atoms with Crippen LogP contribution < -0.4 is 0 Å². The van der Waals surface area contributed by atoms with Crippen LogP contribution in [0.1, 0.15) is 33.1 Å². The average molecular weight is 167 g/mol. The third-order valence-corrected chi connectivity index (χ3v) is 3.00. The van der Waals surface area contributed by atoms with E-state index in [0.29, 0.717) is 0 Å². The lowest BCUT2D eigenvalue weighted by Gasteiger charge is -2.33. The summed E-state index contributed by atoms with van der Waals surface area (Å²) in [7, 11) is 4.32. The molecule has 1 nitrogen and oxygen atoms in total. The Bertz CT molecular complexity index is 170. The summed E-state index contributed by atoms with van der Waals surface area (Å²) in [6.07, 6.45) is 6.33. The van der Waals surface area contributed by atoms with Gasteiger partial charge < -0.3 is 4.90 Å². The Balaban J connectivity index is 2.74. The number of nitrogens with zero attached hydrogens (tertiary/aromatic N) is 1. The molecule has 1 rings (SSSR count). The van der Waals surface area contributed by atoms with Gasteiger partial charge in [-0.1, -0.05) is 19.9 Å². The Kier molecular flexibility index (Phi) is 3.19. The van der Waals surface area contributed by atoms with Crippen molar-refractivity contribution >= 4 is 0 Å². The minimum Gasteiger partial charge on any atom is -0.381 e. The highest BCUT2D eigenvalue weighted by atomic mass is 15.1. The zero-order valence-corrected chi connectivity index (χ0v) is 8.80. The lowest BCUT2D eigenvalue weighted by atomic mass is 9.81. The molecular weight excluding hydrogens is 146 g/mol. The van der Waals surface area contributed by atoms with Gasteiger partial charge in [0.25, 0.3) is 0 Å². The van der Waals surface area contributed by atoms with Gasteiger partial charge in [0.15, 0.2) is 0 Å². The highest BCUT2D eigenvalue weighted by Crippen LogP contribution is 2.33. The first-order valence-corrected chi connectivity index (χ1v) is 5.04. The molecule has 1 aliphatic rings. The van der Waals surface area contributed by atoms with Gasteiger partial charge in [0, 0.05) is 25.7 Å². The van der Waals surface area contributed by atoms with Gasteiger partial charge in [-0.3, -0.25) is 0 Å². The SMILES string of the molecule is CCC1C(N(C)C)=CCCC1C. The minimum atomic E-state index is 0.800. The first-order valence-electron chi connectivity index (χ1n) is 5.04. The number of hydrogen-bond acceptors (Lipinski definition) is 1. The van der Waals surface area contributed by atoms with Crippen LogP contribution in [0.3, 0.4) is 0 Å². The van der Waals surface area contributed by atoms with Gasteiger partial charge in [0.2, 0.25) is 0 Å². The molecular formula is C11H21N. The van der Waals surface area contributed by atoms with E-state index < -0.39 is 0 Å². The molecule has 70 valence electrons. The first-order chi connectivity index (χ1) is 5.66. The molecule has 0 amide bonds. The second-order valence-corrected chi connectivity index (χ2v) is 4.09. The topological polar surface area (TPSA) is 3.24 Å². The Morgan fingerprint density at radius 1 is 1.50 bits per heavy atom. The molecule has 2 atom stereocenters. The highest BCUT2D eigenvalue weighted by molar-refractivity contribution is 5.09. The molecule has 0 N–H and O–H groups in total. The highest BCUT2D eigenvalue weighted by Gasteiger charge is 2.23. The van der Waals surface area contributed by atoms with E-state index >= 15 is 0 Å². The monoisotopic (exact) mass is 167 g/mol. The average Bonchev–Trinajstić information content (AvgIpc) is 2.03. The molecule has 0 saturated carbocycles.